The van der Waals surface area contributed by atoms with Crippen LogP contribution in [0.2, 0.25) is 0 Å². The normalized spacial score (nSPS) is 24.6. The molecule has 1 aromatic heterocycles. The van der Waals surface area contributed by atoms with E-state index in [-0.39, 0.29) is 18.6 Å². The number of nitrogens with one attached hydrogen (secondary N) is 1. The number of aryl methyl sites for hydroxylation is 1. The van der Waals surface area contributed by atoms with Crippen molar-refractivity contribution in [2.75, 3.05) is 6.61 Å². The Morgan fingerprint density at radius 1 is 1.41 bits per heavy atom. The molecule has 0 radical (unpaired) electrons. The Kier molecular flexibility index (Phi) is 4.18. The van der Waals surface area contributed by atoms with E-state index in [1.54, 1.807) is 11.3 Å². The smallest absolute Gasteiger partial charge is 0.252 e. The number of hydrogen-bond acceptors (Lipinski definition) is 3. The number of amides is 1. The maximum atomic E-state index is 12.0. The molecule has 0 unspecified atom stereocenters. The highest BCUT2D eigenvalue weighted by Crippen LogP contribution is 2.24. The van der Waals surface area contributed by atoms with Crippen LogP contribution < -0.4 is 5.32 Å². The molecule has 1 aromatic rings. The minimum absolute atomic E-state index is 0.0520. The SMILES string of the molecule is Cc1cscc1C(=O)NC1CCC(CO)CC1. The summed E-state index contributed by atoms with van der Waals surface area (Å²) in [5, 5.41) is 16.1. The molecule has 17 heavy (non-hydrogen) atoms. The van der Waals surface area contributed by atoms with E-state index in [0.717, 1.165) is 36.8 Å². The molecular formula is C13H19NO2S. The first-order chi connectivity index (χ1) is 8.20. The second-order valence-electron chi connectivity index (χ2n) is 4.84. The second kappa shape index (κ2) is 5.65. The van der Waals surface area contributed by atoms with Gasteiger partial charge in [0.25, 0.3) is 5.91 Å². The Balaban J connectivity index is 1.86. The average molecular weight is 253 g/mol. The molecule has 1 aliphatic carbocycles. The van der Waals surface area contributed by atoms with Crippen LogP contribution in [0.1, 0.15) is 41.6 Å². The van der Waals surface area contributed by atoms with E-state index < -0.39 is 0 Å². The van der Waals surface area contributed by atoms with Crippen molar-refractivity contribution < 1.29 is 9.90 Å². The third-order valence-electron chi connectivity index (χ3n) is 3.54. The van der Waals surface area contributed by atoms with Gasteiger partial charge in [0.2, 0.25) is 0 Å². The van der Waals surface area contributed by atoms with Gasteiger partial charge in [0.05, 0.1) is 5.56 Å². The van der Waals surface area contributed by atoms with Crippen molar-refractivity contribution in [3.05, 3.63) is 21.9 Å². The largest absolute Gasteiger partial charge is 0.396 e. The highest BCUT2D eigenvalue weighted by molar-refractivity contribution is 7.08. The van der Waals surface area contributed by atoms with Gasteiger partial charge in [0.1, 0.15) is 0 Å². The predicted octanol–water partition coefficient (Wildman–Crippen LogP) is 2.34. The molecule has 0 saturated heterocycles. The molecule has 4 heteroatoms. The van der Waals surface area contributed by atoms with E-state index in [1.165, 1.54) is 0 Å². The van der Waals surface area contributed by atoms with Crippen molar-refractivity contribution in [1.82, 2.24) is 5.32 Å². The molecule has 1 aliphatic rings. The molecule has 1 saturated carbocycles. The van der Waals surface area contributed by atoms with E-state index in [2.05, 4.69) is 5.32 Å². The van der Waals surface area contributed by atoms with E-state index >= 15 is 0 Å². The molecule has 94 valence electrons. The zero-order chi connectivity index (χ0) is 12.3. The molecule has 2 N–H and O–H groups in total. The monoisotopic (exact) mass is 253 g/mol. The van der Waals surface area contributed by atoms with Crippen LogP contribution in [0, 0.1) is 12.8 Å². The summed E-state index contributed by atoms with van der Waals surface area (Å²) in [6.45, 7) is 2.25. The summed E-state index contributed by atoms with van der Waals surface area (Å²) in [6.07, 6.45) is 4.01. The number of hydrogen-bond donors (Lipinski definition) is 2. The highest BCUT2D eigenvalue weighted by atomic mass is 32.1. The van der Waals surface area contributed by atoms with Gasteiger partial charge in [-0.3, -0.25) is 4.79 Å². The summed E-state index contributed by atoms with van der Waals surface area (Å²) in [5.74, 6) is 0.488. The molecule has 0 aromatic carbocycles. The van der Waals surface area contributed by atoms with E-state index in [9.17, 15) is 4.79 Å². The minimum Gasteiger partial charge on any atom is -0.396 e. The van der Waals surface area contributed by atoms with E-state index in [0.29, 0.717) is 5.92 Å². The lowest BCUT2D eigenvalue weighted by atomic mass is 9.86. The van der Waals surface area contributed by atoms with Gasteiger partial charge in [0, 0.05) is 18.0 Å². The lowest BCUT2D eigenvalue weighted by Gasteiger charge is -2.27. The van der Waals surface area contributed by atoms with Crippen molar-refractivity contribution in [3.63, 3.8) is 0 Å². The topological polar surface area (TPSA) is 49.3 Å². The second-order valence-corrected chi connectivity index (χ2v) is 5.59. The fourth-order valence-electron chi connectivity index (χ4n) is 2.35. The molecule has 0 aliphatic heterocycles. The highest BCUT2D eigenvalue weighted by Gasteiger charge is 2.22. The van der Waals surface area contributed by atoms with Crippen LogP contribution in [0.25, 0.3) is 0 Å². The van der Waals surface area contributed by atoms with Gasteiger partial charge in [-0.15, -0.1) is 0 Å². The fraction of sp³-hybridized carbons (Fsp3) is 0.615. The first-order valence-electron chi connectivity index (χ1n) is 6.15. The van der Waals surface area contributed by atoms with Crippen LogP contribution in [-0.4, -0.2) is 23.7 Å². The van der Waals surface area contributed by atoms with Crippen molar-refractivity contribution in [3.8, 4) is 0 Å². The van der Waals surface area contributed by atoms with Crippen molar-refractivity contribution >= 4 is 17.2 Å². The summed E-state index contributed by atoms with van der Waals surface area (Å²) in [7, 11) is 0. The first kappa shape index (κ1) is 12.6. The number of carbonyl (C=O) groups is 1. The standard InChI is InChI=1S/C13H19NO2S/c1-9-7-17-8-12(9)13(16)14-11-4-2-10(6-15)3-5-11/h7-8,10-11,15H,2-6H2,1H3,(H,14,16). The number of aliphatic hydroxyl groups excluding tert-OH is 1. The van der Waals surface area contributed by atoms with Crippen molar-refractivity contribution in [2.45, 2.75) is 38.6 Å². The maximum Gasteiger partial charge on any atom is 0.252 e. The summed E-state index contributed by atoms with van der Waals surface area (Å²) >= 11 is 1.57. The first-order valence-corrected chi connectivity index (χ1v) is 7.09. The average Bonchev–Trinajstić information content (AvgIpc) is 2.76. The predicted molar refractivity (Wildman–Crippen MR) is 69.4 cm³/mol. The van der Waals surface area contributed by atoms with Crippen molar-refractivity contribution in [2.24, 2.45) is 5.92 Å². The summed E-state index contributed by atoms with van der Waals surface area (Å²) in [6, 6.07) is 0.282. The molecular weight excluding hydrogens is 234 g/mol. The van der Waals surface area contributed by atoms with Crippen LogP contribution >= 0.6 is 11.3 Å². The zero-order valence-electron chi connectivity index (χ0n) is 10.1. The van der Waals surface area contributed by atoms with Gasteiger partial charge in [-0.25, -0.2) is 0 Å². The van der Waals surface area contributed by atoms with E-state index in [4.69, 9.17) is 5.11 Å². The quantitative estimate of drug-likeness (QED) is 0.868. The zero-order valence-corrected chi connectivity index (χ0v) is 10.9. The van der Waals surface area contributed by atoms with Gasteiger partial charge in [-0.1, -0.05) is 0 Å². The van der Waals surface area contributed by atoms with Gasteiger partial charge in [-0.2, -0.15) is 11.3 Å². The number of aliphatic hydroxyl groups is 1. The van der Waals surface area contributed by atoms with Crippen LogP contribution in [-0.2, 0) is 0 Å². The molecule has 0 bridgehead atoms. The number of thiophene rings is 1. The Bertz CT molecular complexity index is 381. The molecule has 1 fully saturated rings. The third kappa shape index (κ3) is 3.07. The van der Waals surface area contributed by atoms with Gasteiger partial charge in [0.15, 0.2) is 0 Å². The molecule has 2 rings (SSSR count). The van der Waals surface area contributed by atoms with Crippen LogP contribution in [0.15, 0.2) is 10.8 Å². The Hall–Kier alpha value is -0.870. The minimum atomic E-state index is 0.0520. The number of rotatable bonds is 3. The summed E-state index contributed by atoms with van der Waals surface area (Å²) in [5.41, 5.74) is 1.86. The van der Waals surface area contributed by atoms with E-state index in [1.807, 2.05) is 17.7 Å². The summed E-state index contributed by atoms with van der Waals surface area (Å²) in [4.78, 5) is 12.0. The third-order valence-corrected chi connectivity index (χ3v) is 4.40. The van der Waals surface area contributed by atoms with Crippen molar-refractivity contribution in [1.29, 1.82) is 0 Å². The van der Waals surface area contributed by atoms with Gasteiger partial charge >= 0.3 is 0 Å². The van der Waals surface area contributed by atoms with Crippen LogP contribution in [0.4, 0.5) is 0 Å². The molecule has 0 spiro atoms. The molecule has 1 heterocycles. The Morgan fingerprint density at radius 2 is 2.12 bits per heavy atom. The molecule has 3 nitrogen and oxygen atoms in total. The Morgan fingerprint density at radius 3 is 2.65 bits per heavy atom. The van der Waals surface area contributed by atoms with Gasteiger partial charge < -0.3 is 10.4 Å². The summed E-state index contributed by atoms with van der Waals surface area (Å²) < 4.78 is 0. The lowest BCUT2D eigenvalue weighted by Crippen LogP contribution is -2.38. The Labute approximate surface area is 106 Å². The lowest BCUT2D eigenvalue weighted by molar-refractivity contribution is 0.0914. The van der Waals surface area contributed by atoms with Gasteiger partial charge in [-0.05, 0) is 49.5 Å². The maximum absolute atomic E-state index is 12.0. The molecule has 0 atom stereocenters. The molecule has 1 amide bonds. The van der Waals surface area contributed by atoms with Crippen LogP contribution in [0.5, 0.6) is 0 Å². The fourth-order valence-corrected chi connectivity index (χ4v) is 3.17. The van der Waals surface area contributed by atoms with Crippen LogP contribution in [0.3, 0.4) is 0 Å². The number of carbonyl (C=O) groups excluding carboxylic acids is 1.